The van der Waals surface area contributed by atoms with Gasteiger partial charge in [0.25, 0.3) is 0 Å². The van der Waals surface area contributed by atoms with Gasteiger partial charge in [0.15, 0.2) is 0 Å². The van der Waals surface area contributed by atoms with E-state index in [1.165, 1.54) is 77.2 Å². The number of hydrogen-bond donors (Lipinski definition) is 0. The van der Waals surface area contributed by atoms with Crippen molar-refractivity contribution in [1.82, 2.24) is 14.5 Å². The SMILES string of the molecule is c1ccc(-n2c3ccccc3c3ccc(-c4ccc(-c5cccc(-c6ccc(-c7ccc(-c8cnc9c%10ccccc%10c%10ccccc%10c9n8)cc7)cc6)c5)cc4)cc32)cc1. The molecule has 0 unspecified atom stereocenters. The molecule has 2 heterocycles. The summed E-state index contributed by atoms with van der Waals surface area (Å²) in [4.78, 5) is 10.1. The van der Waals surface area contributed by atoms with Gasteiger partial charge in [-0.05, 0) is 85.6 Å². The van der Waals surface area contributed by atoms with Gasteiger partial charge in [-0.3, -0.25) is 4.98 Å². The fourth-order valence-corrected chi connectivity index (χ4v) is 9.19. The first-order chi connectivity index (χ1) is 30.2. The van der Waals surface area contributed by atoms with Gasteiger partial charge in [0.1, 0.15) is 0 Å². The molecule has 0 fully saturated rings. The average Bonchev–Trinajstić information content (AvgIpc) is 3.68. The minimum Gasteiger partial charge on any atom is -0.309 e. The lowest BCUT2D eigenvalue weighted by Crippen LogP contribution is -1.93. The number of benzene rings is 10. The van der Waals surface area contributed by atoms with Gasteiger partial charge in [0, 0.05) is 32.8 Å². The van der Waals surface area contributed by atoms with Crippen LogP contribution >= 0.6 is 0 Å². The summed E-state index contributed by atoms with van der Waals surface area (Å²) >= 11 is 0. The fraction of sp³-hybridized carbons (Fsp3) is 0. The summed E-state index contributed by atoms with van der Waals surface area (Å²) in [6.07, 6.45) is 1.91. The molecule has 0 radical (unpaired) electrons. The minimum atomic E-state index is 0.870. The van der Waals surface area contributed by atoms with E-state index in [-0.39, 0.29) is 0 Å². The van der Waals surface area contributed by atoms with Gasteiger partial charge in [-0.25, -0.2) is 4.98 Å². The third kappa shape index (κ3) is 5.98. The summed E-state index contributed by atoms with van der Waals surface area (Å²) in [6, 6.07) is 78.5. The standard InChI is InChI=1S/C58H37N3/c1-2-13-47(14-3-1)61-55-20-9-8-17-50(55)51-34-33-46(36-56(51)61)42-27-25-41(26-28-42)45-12-10-11-44(35-45)40-23-21-38(22-24-40)39-29-31-43(32-30-39)54-37-59-57-52-18-6-4-15-48(52)49-16-5-7-19-53(49)58(57)60-54/h1-37H. The Morgan fingerprint density at radius 3 is 1.33 bits per heavy atom. The van der Waals surface area contributed by atoms with Gasteiger partial charge in [0.05, 0.1) is 34.0 Å². The summed E-state index contributed by atoms with van der Waals surface area (Å²) in [5.74, 6) is 0. The Kier molecular flexibility index (Phi) is 8.17. The van der Waals surface area contributed by atoms with Crippen LogP contribution in [0.2, 0.25) is 0 Å². The molecular formula is C58H37N3. The lowest BCUT2D eigenvalue weighted by Gasteiger charge is -2.11. The highest BCUT2D eigenvalue weighted by molar-refractivity contribution is 6.23. The van der Waals surface area contributed by atoms with E-state index in [0.29, 0.717) is 0 Å². The van der Waals surface area contributed by atoms with Gasteiger partial charge < -0.3 is 4.57 Å². The van der Waals surface area contributed by atoms with Crippen molar-refractivity contribution >= 4 is 54.4 Å². The van der Waals surface area contributed by atoms with Crippen molar-refractivity contribution in [2.45, 2.75) is 0 Å². The van der Waals surface area contributed by atoms with E-state index in [2.05, 4.69) is 223 Å². The van der Waals surface area contributed by atoms with E-state index in [4.69, 9.17) is 9.97 Å². The monoisotopic (exact) mass is 775 g/mol. The quantitative estimate of drug-likeness (QED) is 0.158. The van der Waals surface area contributed by atoms with Crippen LogP contribution in [0.1, 0.15) is 0 Å². The molecule has 10 aromatic carbocycles. The molecule has 0 atom stereocenters. The second-order valence-corrected chi connectivity index (χ2v) is 15.8. The van der Waals surface area contributed by atoms with Gasteiger partial charge in [0.2, 0.25) is 0 Å². The number of aromatic nitrogens is 3. The molecule has 0 aliphatic carbocycles. The Hall–Kier alpha value is -8.14. The average molecular weight is 776 g/mol. The van der Waals surface area contributed by atoms with Crippen molar-refractivity contribution in [1.29, 1.82) is 0 Å². The van der Waals surface area contributed by atoms with Crippen LogP contribution in [0, 0.1) is 0 Å². The molecule has 0 N–H and O–H groups in total. The molecule has 2 aromatic heterocycles. The summed E-state index contributed by atoms with van der Waals surface area (Å²) in [7, 11) is 0. The first-order valence-corrected chi connectivity index (χ1v) is 20.8. The van der Waals surface area contributed by atoms with Crippen molar-refractivity contribution in [2.24, 2.45) is 0 Å². The molecular weight excluding hydrogens is 739 g/mol. The second kappa shape index (κ2) is 14.3. The number of rotatable bonds is 6. The Labute approximate surface area is 353 Å². The summed E-state index contributed by atoms with van der Waals surface area (Å²) < 4.78 is 2.38. The molecule has 0 saturated heterocycles. The van der Waals surface area contributed by atoms with Crippen molar-refractivity contribution in [2.75, 3.05) is 0 Å². The van der Waals surface area contributed by atoms with E-state index >= 15 is 0 Å². The molecule has 12 rings (SSSR count). The van der Waals surface area contributed by atoms with Gasteiger partial charge in [-0.2, -0.15) is 0 Å². The number of nitrogens with zero attached hydrogens (tertiary/aromatic N) is 3. The lowest BCUT2D eigenvalue weighted by molar-refractivity contribution is 1.18. The van der Waals surface area contributed by atoms with E-state index in [1.54, 1.807) is 0 Å². The van der Waals surface area contributed by atoms with Crippen molar-refractivity contribution in [3.8, 4) is 61.5 Å². The highest BCUT2D eigenvalue weighted by Gasteiger charge is 2.15. The number of para-hydroxylation sites is 2. The molecule has 0 amide bonds. The number of fused-ring (bicyclic) bond motifs is 9. The minimum absolute atomic E-state index is 0.870. The van der Waals surface area contributed by atoms with Crippen LogP contribution in [0.5, 0.6) is 0 Å². The zero-order valence-electron chi connectivity index (χ0n) is 33.2. The second-order valence-electron chi connectivity index (χ2n) is 15.8. The van der Waals surface area contributed by atoms with Crippen LogP contribution in [0.3, 0.4) is 0 Å². The first-order valence-electron chi connectivity index (χ1n) is 20.8. The Bertz CT molecular complexity index is 3570. The maximum atomic E-state index is 5.18. The molecule has 12 aromatic rings. The first kappa shape index (κ1) is 34.9. The Morgan fingerprint density at radius 2 is 0.721 bits per heavy atom. The predicted octanol–water partition coefficient (Wildman–Crippen LogP) is 15.4. The largest absolute Gasteiger partial charge is 0.309 e. The van der Waals surface area contributed by atoms with Crippen LogP contribution in [-0.2, 0) is 0 Å². The van der Waals surface area contributed by atoms with Crippen LogP contribution in [0.25, 0.3) is 116 Å². The Balaban J connectivity index is 0.797. The topological polar surface area (TPSA) is 30.7 Å². The van der Waals surface area contributed by atoms with Crippen molar-refractivity contribution in [3.05, 3.63) is 225 Å². The van der Waals surface area contributed by atoms with E-state index in [1.807, 2.05) is 6.20 Å². The summed E-state index contributed by atoms with van der Waals surface area (Å²) in [5.41, 5.74) is 16.9. The number of hydrogen-bond acceptors (Lipinski definition) is 2. The van der Waals surface area contributed by atoms with Gasteiger partial charge in [-0.1, -0.05) is 188 Å². The van der Waals surface area contributed by atoms with Crippen LogP contribution in [0.4, 0.5) is 0 Å². The van der Waals surface area contributed by atoms with E-state index < -0.39 is 0 Å². The summed E-state index contributed by atoms with van der Waals surface area (Å²) in [6.45, 7) is 0. The van der Waals surface area contributed by atoms with Gasteiger partial charge >= 0.3 is 0 Å². The third-order valence-electron chi connectivity index (χ3n) is 12.3. The molecule has 0 bridgehead atoms. The molecule has 3 nitrogen and oxygen atoms in total. The fourth-order valence-electron chi connectivity index (χ4n) is 9.19. The van der Waals surface area contributed by atoms with E-state index in [9.17, 15) is 0 Å². The normalized spacial score (nSPS) is 11.6. The van der Waals surface area contributed by atoms with Crippen LogP contribution in [-0.4, -0.2) is 14.5 Å². The molecule has 0 aliphatic heterocycles. The maximum absolute atomic E-state index is 5.18. The summed E-state index contributed by atoms with van der Waals surface area (Å²) in [5, 5.41) is 7.19. The molecule has 3 heteroatoms. The van der Waals surface area contributed by atoms with Gasteiger partial charge in [-0.15, -0.1) is 0 Å². The van der Waals surface area contributed by atoms with Crippen molar-refractivity contribution in [3.63, 3.8) is 0 Å². The highest BCUT2D eigenvalue weighted by atomic mass is 15.0. The van der Waals surface area contributed by atoms with Crippen molar-refractivity contribution < 1.29 is 0 Å². The molecule has 61 heavy (non-hydrogen) atoms. The smallest absolute Gasteiger partial charge is 0.0979 e. The van der Waals surface area contributed by atoms with Crippen LogP contribution in [0.15, 0.2) is 225 Å². The zero-order valence-corrected chi connectivity index (χ0v) is 33.2. The van der Waals surface area contributed by atoms with Crippen LogP contribution < -0.4 is 0 Å². The maximum Gasteiger partial charge on any atom is 0.0979 e. The molecule has 0 aliphatic rings. The Morgan fingerprint density at radius 1 is 0.279 bits per heavy atom. The molecule has 284 valence electrons. The predicted molar refractivity (Wildman–Crippen MR) is 256 cm³/mol. The zero-order chi connectivity index (χ0) is 40.3. The van der Waals surface area contributed by atoms with E-state index in [0.717, 1.165) is 38.6 Å². The highest BCUT2D eigenvalue weighted by Crippen LogP contribution is 2.37. The molecule has 0 spiro atoms. The molecule has 0 saturated carbocycles. The lowest BCUT2D eigenvalue weighted by atomic mass is 9.95. The third-order valence-corrected chi connectivity index (χ3v) is 12.3.